The minimum absolute atomic E-state index is 0.0508. The molecule has 4 nitrogen and oxygen atoms in total. The fraction of sp³-hybridized carbons (Fsp3) is 0.357. The van der Waals surface area contributed by atoms with Crippen LogP contribution in [-0.2, 0) is 4.79 Å². The lowest BCUT2D eigenvalue weighted by Crippen LogP contribution is -2.13. The van der Waals surface area contributed by atoms with E-state index in [2.05, 4.69) is 54.5 Å². The second-order valence-corrected chi connectivity index (χ2v) is 7.92. The first-order chi connectivity index (χ1) is 10.1. The molecule has 1 aromatic heterocycles. The summed E-state index contributed by atoms with van der Waals surface area (Å²) >= 11 is 4.58. The Labute approximate surface area is 137 Å². The number of rotatable bonds is 6. The number of anilines is 1. The lowest BCUT2D eigenvalue weighted by atomic mass is 10.2. The van der Waals surface area contributed by atoms with Gasteiger partial charge in [0.15, 0.2) is 4.34 Å². The van der Waals surface area contributed by atoms with Crippen molar-refractivity contribution in [2.75, 3.05) is 16.8 Å². The Morgan fingerprint density at radius 3 is 2.86 bits per heavy atom. The first-order valence-corrected chi connectivity index (χ1v) is 9.33. The first-order valence-electron chi connectivity index (χ1n) is 6.54. The molecule has 0 aliphatic carbocycles. The molecule has 0 saturated carbocycles. The lowest BCUT2D eigenvalue weighted by Gasteiger charge is -2.06. The molecule has 0 atom stereocenters. The maximum Gasteiger partial charge on any atom is 0.236 e. The summed E-state index contributed by atoms with van der Waals surface area (Å²) < 4.78 is 0.884. The molecule has 0 aliphatic heterocycles. The number of hydrogen-bond acceptors (Lipinski definition) is 6. The fourth-order valence-electron chi connectivity index (χ4n) is 1.60. The van der Waals surface area contributed by atoms with Crippen LogP contribution in [0.25, 0.3) is 0 Å². The molecule has 21 heavy (non-hydrogen) atoms. The fourth-order valence-corrected chi connectivity index (χ4v) is 4.19. The van der Waals surface area contributed by atoms with Gasteiger partial charge in [-0.15, -0.1) is 22.0 Å². The summed E-state index contributed by atoms with van der Waals surface area (Å²) in [6.07, 6.45) is 0. The number of amides is 1. The third-order valence-electron chi connectivity index (χ3n) is 2.62. The van der Waals surface area contributed by atoms with Crippen LogP contribution < -0.4 is 5.32 Å². The van der Waals surface area contributed by atoms with Crippen LogP contribution in [0.2, 0.25) is 0 Å². The van der Waals surface area contributed by atoms with E-state index < -0.39 is 0 Å². The highest BCUT2D eigenvalue weighted by molar-refractivity contribution is 8.01. The zero-order chi connectivity index (χ0) is 15.2. The van der Waals surface area contributed by atoms with Crippen LogP contribution in [-0.4, -0.2) is 27.6 Å². The summed E-state index contributed by atoms with van der Waals surface area (Å²) in [5.74, 6) is 1.27. The molecule has 0 fully saturated rings. The van der Waals surface area contributed by atoms with Gasteiger partial charge in [-0.3, -0.25) is 10.1 Å². The third-order valence-corrected chi connectivity index (χ3v) is 5.63. The van der Waals surface area contributed by atoms with Crippen molar-refractivity contribution in [3.63, 3.8) is 0 Å². The van der Waals surface area contributed by atoms with E-state index in [4.69, 9.17) is 0 Å². The SMILES string of the molecule is CCSc1nnc(NC(=O)CSc2cc(C)ccc2C)s1. The predicted octanol–water partition coefficient (Wildman–Crippen LogP) is 4.00. The number of aromatic nitrogens is 2. The van der Waals surface area contributed by atoms with Crippen molar-refractivity contribution in [2.45, 2.75) is 30.0 Å². The van der Waals surface area contributed by atoms with Gasteiger partial charge in [-0.2, -0.15) is 0 Å². The van der Waals surface area contributed by atoms with Crippen LogP contribution in [0.5, 0.6) is 0 Å². The van der Waals surface area contributed by atoms with E-state index in [0.29, 0.717) is 10.9 Å². The Morgan fingerprint density at radius 1 is 1.29 bits per heavy atom. The Kier molecular flexibility index (Phi) is 6.08. The second-order valence-electron chi connectivity index (χ2n) is 4.41. The highest BCUT2D eigenvalue weighted by atomic mass is 32.2. The van der Waals surface area contributed by atoms with Gasteiger partial charge in [-0.1, -0.05) is 47.7 Å². The van der Waals surface area contributed by atoms with Gasteiger partial charge in [0.1, 0.15) is 0 Å². The Morgan fingerprint density at radius 2 is 2.10 bits per heavy atom. The molecule has 7 heteroatoms. The van der Waals surface area contributed by atoms with E-state index in [0.717, 1.165) is 15.0 Å². The van der Waals surface area contributed by atoms with Crippen molar-refractivity contribution in [3.05, 3.63) is 29.3 Å². The number of nitrogens with one attached hydrogen (secondary N) is 1. The average Bonchev–Trinajstić information content (AvgIpc) is 2.87. The van der Waals surface area contributed by atoms with Gasteiger partial charge in [-0.25, -0.2) is 0 Å². The molecule has 2 aromatic rings. The highest BCUT2D eigenvalue weighted by Gasteiger charge is 2.09. The van der Waals surface area contributed by atoms with E-state index >= 15 is 0 Å². The Balaban J connectivity index is 1.88. The molecule has 0 bridgehead atoms. The Bertz CT molecular complexity index is 628. The van der Waals surface area contributed by atoms with Gasteiger partial charge in [0.05, 0.1) is 5.75 Å². The van der Waals surface area contributed by atoms with Crippen LogP contribution in [0.3, 0.4) is 0 Å². The van der Waals surface area contributed by atoms with Crippen molar-refractivity contribution >= 4 is 45.9 Å². The molecule has 0 unspecified atom stereocenters. The van der Waals surface area contributed by atoms with Gasteiger partial charge in [0.2, 0.25) is 11.0 Å². The Hall–Kier alpha value is -1.05. The zero-order valence-electron chi connectivity index (χ0n) is 12.2. The molecule has 1 amide bonds. The van der Waals surface area contributed by atoms with Crippen molar-refractivity contribution in [1.29, 1.82) is 0 Å². The standard InChI is InChI=1S/C14H17N3OS3/c1-4-19-14-17-16-13(21-14)15-12(18)8-20-11-7-9(2)5-6-10(11)3/h5-7H,4,8H2,1-3H3,(H,15,16,18). The second kappa shape index (κ2) is 7.82. The predicted molar refractivity (Wildman–Crippen MR) is 91.6 cm³/mol. The summed E-state index contributed by atoms with van der Waals surface area (Å²) in [6, 6.07) is 6.26. The quantitative estimate of drug-likeness (QED) is 0.637. The number of thioether (sulfide) groups is 2. The summed E-state index contributed by atoms with van der Waals surface area (Å²) in [7, 11) is 0. The zero-order valence-corrected chi connectivity index (χ0v) is 14.6. The number of carbonyl (C=O) groups is 1. The van der Waals surface area contributed by atoms with Crippen molar-refractivity contribution in [1.82, 2.24) is 10.2 Å². The topological polar surface area (TPSA) is 54.9 Å². The number of carbonyl (C=O) groups excluding carboxylic acids is 1. The van der Waals surface area contributed by atoms with Gasteiger partial charge in [0, 0.05) is 4.90 Å². The number of hydrogen-bond donors (Lipinski definition) is 1. The molecular formula is C14H17N3OS3. The van der Waals surface area contributed by atoms with E-state index in [-0.39, 0.29) is 5.91 Å². The van der Waals surface area contributed by atoms with Crippen LogP contribution in [0.4, 0.5) is 5.13 Å². The van der Waals surface area contributed by atoms with E-state index in [9.17, 15) is 4.79 Å². The molecule has 0 saturated heterocycles. The molecule has 112 valence electrons. The summed E-state index contributed by atoms with van der Waals surface area (Å²) in [5.41, 5.74) is 2.39. The minimum atomic E-state index is -0.0508. The highest BCUT2D eigenvalue weighted by Crippen LogP contribution is 2.26. The van der Waals surface area contributed by atoms with E-state index in [1.54, 1.807) is 23.5 Å². The van der Waals surface area contributed by atoms with Crippen LogP contribution in [0, 0.1) is 13.8 Å². The average molecular weight is 340 g/mol. The molecule has 0 radical (unpaired) electrons. The molecule has 1 aromatic carbocycles. The first kappa shape index (κ1) is 16.3. The molecular weight excluding hydrogens is 322 g/mol. The van der Waals surface area contributed by atoms with Crippen molar-refractivity contribution < 1.29 is 4.79 Å². The van der Waals surface area contributed by atoms with Crippen molar-refractivity contribution in [3.8, 4) is 0 Å². The van der Waals surface area contributed by atoms with Gasteiger partial charge >= 0.3 is 0 Å². The summed E-state index contributed by atoms with van der Waals surface area (Å²) in [6.45, 7) is 6.17. The van der Waals surface area contributed by atoms with Gasteiger partial charge in [0.25, 0.3) is 0 Å². The third kappa shape index (κ3) is 5.01. The number of nitrogens with zero attached hydrogens (tertiary/aromatic N) is 2. The molecule has 2 rings (SSSR count). The van der Waals surface area contributed by atoms with Crippen LogP contribution in [0.15, 0.2) is 27.4 Å². The molecule has 1 N–H and O–H groups in total. The molecule has 0 spiro atoms. The van der Waals surface area contributed by atoms with Gasteiger partial charge in [-0.05, 0) is 31.2 Å². The normalized spacial score (nSPS) is 10.6. The molecule has 1 heterocycles. The minimum Gasteiger partial charge on any atom is -0.300 e. The summed E-state index contributed by atoms with van der Waals surface area (Å²) in [5, 5.41) is 11.3. The van der Waals surface area contributed by atoms with Crippen molar-refractivity contribution in [2.24, 2.45) is 0 Å². The van der Waals surface area contributed by atoms with E-state index in [1.807, 2.05) is 0 Å². The monoisotopic (exact) mass is 339 g/mol. The largest absolute Gasteiger partial charge is 0.300 e. The number of benzene rings is 1. The van der Waals surface area contributed by atoms with Crippen LogP contribution in [0.1, 0.15) is 18.1 Å². The van der Waals surface area contributed by atoms with E-state index in [1.165, 1.54) is 22.5 Å². The number of aryl methyl sites for hydroxylation is 2. The summed E-state index contributed by atoms with van der Waals surface area (Å²) in [4.78, 5) is 13.1. The maximum atomic E-state index is 11.9. The van der Waals surface area contributed by atoms with Gasteiger partial charge < -0.3 is 0 Å². The van der Waals surface area contributed by atoms with Crippen LogP contribution >= 0.6 is 34.9 Å². The smallest absolute Gasteiger partial charge is 0.236 e. The lowest BCUT2D eigenvalue weighted by molar-refractivity contribution is -0.113. The molecule has 0 aliphatic rings. The maximum absolute atomic E-state index is 11.9.